The second-order valence-corrected chi connectivity index (χ2v) is 5.33. The number of hydrogen-bond donors (Lipinski definition) is 1. The molecule has 0 bridgehead atoms. The average molecular weight is 325 g/mol. The monoisotopic (exact) mass is 324 g/mol. The molecule has 3 aromatic rings. The molecule has 0 saturated carbocycles. The summed E-state index contributed by atoms with van der Waals surface area (Å²) in [4.78, 5) is 24.7. The number of hydrogen-bond acceptors (Lipinski definition) is 4. The Hall–Kier alpha value is -2.79. The number of nitrogens with zero attached hydrogens (tertiary/aromatic N) is 3. The van der Waals surface area contributed by atoms with Crippen molar-refractivity contribution in [1.82, 2.24) is 15.0 Å². The second kappa shape index (κ2) is 6.54. The maximum absolute atomic E-state index is 12.4. The molecule has 0 fully saturated rings. The minimum atomic E-state index is -0.313. The van der Waals surface area contributed by atoms with E-state index < -0.39 is 0 Å². The van der Waals surface area contributed by atoms with Crippen LogP contribution in [0, 0.1) is 6.92 Å². The minimum Gasteiger partial charge on any atom is -0.319 e. The van der Waals surface area contributed by atoms with Crippen molar-refractivity contribution in [1.29, 1.82) is 0 Å². The highest BCUT2D eigenvalue weighted by molar-refractivity contribution is 6.30. The third-order valence-electron chi connectivity index (χ3n) is 3.28. The largest absolute Gasteiger partial charge is 0.319 e. The molecule has 0 unspecified atom stereocenters. The van der Waals surface area contributed by atoms with Gasteiger partial charge in [-0.2, -0.15) is 0 Å². The summed E-state index contributed by atoms with van der Waals surface area (Å²) in [5.74, 6) is -0.313. The van der Waals surface area contributed by atoms with Gasteiger partial charge in [-0.05, 0) is 37.3 Å². The summed E-state index contributed by atoms with van der Waals surface area (Å²) in [7, 11) is 0. The van der Waals surface area contributed by atoms with Crippen LogP contribution < -0.4 is 5.32 Å². The summed E-state index contributed by atoms with van der Waals surface area (Å²) in [6.45, 7) is 1.83. The fraction of sp³-hybridized carbons (Fsp3) is 0.0588. The van der Waals surface area contributed by atoms with Gasteiger partial charge in [-0.15, -0.1) is 0 Å². The molecule has 5 nitrogen and oxygen atoms in total. The second-order valence-electron chi connectivity index (χ2n) is 4.89. The fourth-order valence-corrected chi connectivity index (χ4v) is 2.28. The Balaban J connectivity index is 1.88. The Morgan fingerprint density at radius 3 is 2.74 bits per heavy atom. The first-order valence-electron chi connectivity index (χ1n) is 6.94. The lowest BCUT2D eigenvalue weighted by Crippen LogP contribution is -2.15. The molecule has 2 aromatic heterocycles. The van der Waals surface area contributed by atoms with Gasteiger partial charge in [-0.3, -0.25) is 9.78 Å². The number of halogens is 1. The van der Waals surface area contributed by atoms with Gasteiger partial charge in [0, 0.05) is 16.8 Å². The predicted molar refractivity (Wildman–Crippen MR) is 89.4 cm³/mol. The van der Waals surface area contributed by atoms with Gasteiger partial charge in [-0.1, -0.05) is 23.7 Å². The topological polar surface area (TPSA) is 67.8 Å². The van der Waals surface area contributed by atoms with Crippen molar-refractivity contribution in [3.05, 3.63) is 71.4 Å². The Morgan fingerprint density at radius 1 is 1.09 bits per heavy atom. The summed E-state index contributed by atoms with van der Waals surface area (Å²) in [6, 6.07) is 12.5. The quantitative estimate of drug-likeness (QED) is 0.796. The van der Waals surface area contributed by atoms with E-state index in [0.717, 1.165) is 11.3 Å². The molecule has 23 heavy (non-hydrogen) atoms. The fourth-order valence-electron chi connectivity index (χ4n) is 2.09. The zero-order chi connectivity index (χ0) is 16.2. The molecule has 114 valence electrons. The van der Waals surface area contributed by atoms with Gasteiger partial charge in [0.2, 0.25) is 0 Å². The summed E-state index contributed by atoms with van der Waals surface area (Å²) in [6.07, 6.45) is 3.04. The van der Waals surface area contributed by atoms with E-state index >= 15 is 0 Å². The van der Waals surface area contributed by atoms with E-state index in [2.05, 4.69) is 20.3 Å². The van der Waals surface area contributed by atoms with Crippen LogP contribution in [0.5, 0.6) is 0 Å². The zero-order valence-corrected chi connectivity index (χ0v) is 13.1. The third kappa shape index (κ3) is 3.52. The van der Waals surface area contributed by atoms with E-state index in [-0.39, 0.29) is 11.6 Å². The molecule has 0 aliphatic heterocycles. The molecule has 0 atom stereocenters. The highest BCUT2D eigenvalue weighted by atomic mass is 35.5. The highest BCUT2D eigenvalue weighted by Crippen LogP contribution is 2.21. The molecule has 0 radical (unpaired) electrons. The van der Waals surface area contributed by atoms with E-state index in [0.29, 0.717) is 16.4 Å². The normalized spacial score (nSPS) is 10.3. The van der Waals surface area contributed by atoms with E-state index in [1.165, 1.54) is 6.33 Å². The lowest BCUT2D eigenvalue weighted by molar-refractivity contribution is 0.102. The molecule has 0 spiro atoms. The number of aryl methyl sites for hydroxylation is 1. The van der Waals surface area contributed by atoms with Crippen LogP contribution in [0.15, 0.2) is 55.0 Å². The van der Waals surface area contributed by atoms with E-state index in [1.807, 2.05) is 19.1 Å². The van der Waals surface area contributed by atoms with Gasteiger partial charge in [0.25, 0.3) is 5.91 Å². The maximum atomic E-state index is 12.4. The summed E-state index contributed by atoms with van der Waals surface area (Å²) >= 11 is 5.99. The number of rotatable bonds is 3. The van der Waals surface area contributed by atoms with Crippen molar-refractivity contribution in [2.24, 2.45) is 0 Å². The molecular weight excluding hydrogens is 312 g/mol. The van der Waals surface area contributed by atoms with E-state index in [9.17, 15) is 4.79 Å². The number of aromatic nitrogens is 3. The van der Waals surface area contributed by atoms with Crippen molar-refractivity contribution in [3.8, 4) is 11.3 Å². The van der Waals surface area contributed by atoms with Crippen molar-refractivity contribution in [3.63, 3.8) is 0 Å². The van der Waals surface area contributed by atoms with Gasteiger partial charge in [-0.25, -0.2) is 9.97 Å². The van der Waals surface area contributed by atoms with Crippen LogP contribution in [0.3, 0.4) is 0 Å². The first-order valence-corrected chi connectivity index (χ1v) is 7.32. The van der Waals surface area contributed by atoms with Gasteiger partial charge >= 0.3 is 0 Å². The number of amides is 1. The van der Waals surface area contributed by atoms with Crippen LogP contribution in [-0.4, -0.2) is 20.9 Å². The van der Waals surface area contributed by atoms with Crippen molar-refractivity contribution in [2.75, 3.05) is 5.32 Å². The zero-order valence-electron chi connectivity index (χ0n) is 12.3. The smallest absolute Gasteiger partial charge is 0.274 e. The van der Waals surface area contributed by atoms with Crippen LogP contribution in [0.4, 0.5) is 5.69 Å². The Morgan fingerprint density at radius 2 is 1.96 bits per heavy atom. The Bertz CT molecular complexity index is 866. The first-order chi connectivity index (χ1) is 11.1. The molecule has 3 rings (SSSR count). The lowest BCUT2D eigenvalue weighted by Gasteiger charge is -2.07. The van der Waals surface area contributed by atoms with Crippen molar-refractivity contribution >= 4 is 23.2 Å². The van der Waals surface area contributed by atoms with Crippen molar-refractivity contribution < 1.29 is 4.79 Å². The number of anilines is 1. The summed E-state index contributed by atoms with van der Waals surface area (Å²) in [5, 5.41) is 3.41. The number of benzene rings is 1. The third-order valence-corrected chi connectivity index (χ3v) is 3.51. The van der Waals surface area contributed by atoms with E-state index in [4.69, 9.17) is 11.6 Å². The minimum absolute atomic E-state index is 0.276. The predicted octanol–water partition coefficient (Wildman–Crippen LogP) is 3.75. The number of carbonyl (C=O) groups is 1. The molecule has 0 aliphatic carbocycles. The average Bonchev–Trinajstić information content (AvgIpc) is 2.57. The van der Waals surface area contributed by atoms with Gasteiger partial charge in [0.1, 0.15) is 12.0 Å². The molecule has 1 amide bonds. The molecule has 0 aliphatic rings. The Kier molecular flexibility index (Phi) is 4.30. The van der Waals surface area contributed by atoms with Crippen LogP contribution in [0.2, 0.25) is 5.02 Å². The van der Waals surface area contributed by atoms with E-state index in [1.54, 1.807) is 36.5 Å². The summed E-state index contributed by atoms with van der Waals surface area (Å²) < 4.78 is 0. The van der Waals surface area contributed by atoms with Gasteiger partial charge < -0.3 is 5.32 Å². The van der Waals surface area contributed by atoms with Gasteiger partial charge in [0.15, 0.2) is 0 Å². The number of pyridine rings is 1. The number of nitrogens with one attached hydrogen (secondary N) is 1. The van der Waals surface area contributed by atoms with Crippen LogP contribution in [0.25, 0.3) is 11.3 Å². The highest BCUT2D eigenvalue weighted by Gasteiger charge is 2.11. The summed E-state index contributed by atoms with van der Waals surface area (Å²) in [5.41, 5.74) is 3.13. The lowest BCUT2D eigenvalue weighted by atomic mass is 10.1. The van der Waals surface area contributed by atoms with Crippen LogP contribution in [0.1, 0.15) is 16.2 Å². The van der Waals surface area contributed by atoms with Crippen LogP contribution >= 0.6 is 11.6 Å². The molecule has 6 heteroatoms. The molecule has 1 aromatic carbocycles. The van der Waals surface area contributed by atoms with Crippen molar-refractivity contribution in [2.45, 2.75) is 6.92 Å². The first kappa shape index (κ1) is 15.1. The van der Waals surface area contributed by atoms with Gasteiger partial charge in [0.05, 0.1) is 17.1 Å². The number of carbonyl (C=O) groups excluding carboxylic acids is 1. The molecular formula is C17H13ClN4O. The standard InChI is InChI=1S/C17H13ClN4O/c1-11-14(6-3-7-19-11)22-17(23)16-9-15(20-10-21-16)12-4-2-5-13(18)8-12/h2-10H,1H3,(H,22,23). The van der Waals surface area contributed by atoms with Crippen LogP contribution in [-0.2, 0) is 0 Å². The maximum Gasteiger partial charge on any atom is 0.274 e. The SMILES string of the molecule is Cc1ncccc1NC(=O)c1cc(-c2cccc(Cl)c2)ncn1. The molecule has 0 saturated heterocycles. The molecule has 1 N–H and O–H groups in total. The Labute approximate surface area is 138 Å². The molecule has 2 heterocycles.